The van der Waals surface area contributed by atoms with Gasteiger partial charge in [-0.1, -0.05) is 45.0 Å². The van der Waals surface area contributed by atoms with E-state index in [4.69, 9.17) is 0 Å². The molecular weight excluding hydrogens is 429 g/mol. The third-order valence-electron chi connectivity index (χ3n) is 5.67. The fraction of sp³-hybridized carbons (Fsp3) is 0.500. The van der Waals surface area contributed by atoms with E-state index in [-0.39, 0.29) is 17.2 Å². The molecule has 1 aromatic heterocycles. The summed E-state index contributed by atoms with van der Waals surface area (Å²) in [5, 5.41) is 9.29. The van der Waals surface area contributed by atoms with Gasteiger partial charge >= 0.3 is 6.18 Å². The number of anilines is 3. The van der Waals surface area contributed by atoms with Crippen LogP contribution in [0.2, 0.25) is 0 Å². The van der Waals surface area contributed by atoms with Crippen molar-refractivity contribution in [2.75, 3.05) is 43.4 Å². The van der Waals surface area contributed by atoms with Crippen molar-refractivity contribution in [1.82, 2.24) is 20.2 Å². The molecule has 9 heteroatoms. The van der Waals surface area contributed by atoms with Crippen LogP contribution in [0, 0.1) is 12.3 Å². The summed E-state index contributed by atoms with van der Waals surface area (Å²) in [7, 11) is 0. The Balaban J connectivity index is 1.80. The highest BCUT2D eigenvalue weighted by Gasteiger charge is 2.36. The normalized spacial score (nSPS) is 15.0. The number of piperazine rings is 1. The molecule has 1 saturated heterocycles. The molecule has 2 aromatic rings. The maximum absolute atomic E-state index is 13.6. The average molecular weight is 463 g/mol. The number of halogens is 3. The highest BCUT2D eigenvalue weighted by molar-refractivity contribution is 5.61. The molecule has 0 spiro atoms. The van der Waals surface area contributed by atoms with Crippen molar-refractivity contribution < 1.29 is 13.2 Å². The topological polar surface area (TPSA) is 65.1 Å². The van der Waals surface area contributed by atoms with Gasteiger partial charge in [0.05, 0.1) is 0 Å². The Morgan fingerprint density at radius 3 is 2.67 bits per heavy atom. The average Bonchev–Trinajstić information content (AvgIpc) is 2.74. The monoisotopic (exact) mass is 462 g/mol. The lowest BCUT2D eigenvalue weighted by Crippen LogP contribution is -2.46. The molecule has 0 radical (unpaired) electrons. The molecule has 3 rings (SSSR count). The maximum atomic E-state index is 13.6. The van der Waals surface area contributed by atoms with Crippen LogP contribution in [0.25, 0.3) is 0 Å². The molecule has 1 aliphatic rings. The van der Waals surface area contributed by atoms with E-state index in [1.165, 1.54) is 0 Å². The van der Waals surface area contributed by atoms with Crippen LogP contribution in [0.5, 0.6) is 0 Å². The first-order chi connectivity index (χ1) is 15.5. The number of nitrogens with one attached hydrogen (secondary N) is 3. The van der Waals surface area contributed by atoms with Gasteiger partial charge in [0.25, 0.3) is 0 Å². The Morgan fingerprint density at radius 2 is 2.00 bits per heavy atom. The van der Waals surface area contributed by atoms with E-state index in [0.717, 1.165) is 54.8 Å². The second-order valence-electron chi connectivity index (χ2n) is 9.28. The summed E-state index contributed by atoms with van der Waals surface area (Å²) in [5.41, 5.74) is 2.74. The van der Waals surface area contributed by atoms with Gasteiger partial charge in [0.2, 0.25) is 5.95 Å². The van der Waals surface area contributed by atoms with Crippen LogP contribution in [0.15, 0.2) is 36.7 Å². The van der Waals surface area contributed by atoms with Crippen LogP contribution in [-0.4, -0.2) is 47.6 Å². The Labute approximate surface area is 193 Å². The molecule has 0 saturated carbocycles. The molecule has 6 nitrogen and oxygen atoms in total. The van der Waals surface area contributed by atoms with Crippen molar-refractivity contribution in [2.45, 2.75) is 40.3 Å². The first kappa shape index (κ1) is 24.8. The fourth-order valence-electron chi connectivity index (χ4n) is 3.84. The van der Waals surface area contributed by atoms with E-state index < -0.39 is 11.7 Å². The minimum atomic E-state index is -4.56. The molecule has 180 valence electrons. The number of nitrogens with zero attached hydrogens (tertiary/aromatic N) is 3. The zero-order valence-electron chi connectivity index (χ0n) is 19.7. The van der Waals surface area contributed by atoms with Crippen molar-refractivity contribution in [1.29, 1.82) is 0 Å². The van der Waals surface area contributed by atoms with Gasteiger partial charge in [0, 0.05) is 50.3 Å². The van der Waals surface area contributed by atoms with E-state index in [1.54, 1.807) is 0 Å². The van der Waals surface area contributed by atoms with E-state index >= 15 is 0 Å². The highest BCUT2D eigenvalue weighted by Crippen LogP contribution is 2.35. The highest BCUT2D eigenvalue weighted by atomic mass is 19.4. The van der Waals surface area contributed by atoms with Crippen molar-refractivity contribution in [3.05, 3.63) is 53.4 Å². The number of benzene rings is 1. The molecule has 0 amide bonds. The van der Waals surface area contributed by atoms with E-state index in [9.17, 15) is 13.2 Å². The third kappa shape index (κ3) is 6.60. The Kier molecular flexibility index (Phi) is 7.51. The lowest BCUT2D eigenvalue weighted by atomic mass is 9.92. The number of hydrogen-bond acceptors (Lipinski definition) is 6. The zero-order valence-corrected chi connectivity index (χ0v) is 19.7. The number of hydrogen-bond donors (Lipinski definition) is 3. The van der Waals surface area contributed by atoms with Gasteiger partial charge in [-0.25, -0.2) is 4.98 Å². The zero-order chi connectivity index (χ0) is 24.2. The first-order valence-electron chi connectivity index (χ1n) is 11.2. The summed E-state index contributed by atoms with van der Waals surface area (Å²) in [6, 6.07) is 5.88. The van der Waals surface area contributed by atoms with Gasteiger partial charge in [-0.05, 0) is 30.4 Å². The fourth-order valence-corrected chi connectivity index (χ4v) is 3.84. The largest absolute Gasteiger partial charge is 0.421 e. The van der Waals surface area contributed by atoms with Crippen molar-refractivity contribution in [2.24, 2.45) is 5.41 Å². The van der Waals surface area contributed by atoms with E-state index in [2.05, 4.69) is 37.4 Å². The minimum absolute atomic E-state index is 0.123. The predicted octanol–water partition coefficient (Wildman–Crippen LogP) is 4.97. The minimum Gasteiger partial charge on any atom is -0.372 e. The molecule has 33 heavy (non-hydrogen) atoms. The maximum Gasteiger partial charge on any atom is 0.421 e. The van der Waals surface area contributed by atoms with Gasteiger partial charge in [0.15, 0.2) is 0 Å². The number of rotatable bonds is 8. The summed E-state index contributed by atoms with van der Waals surface area (Å²) in [4.78, 5) is 10.3. The first-order valence-corrected chi connectivity index (χ1v) is 11.2. The Hall–Kier alpha value is -2.81. The van der Waals surface area contributed by atoms with E-state index in [0.29, 0.717) is 13.1 Å². The van der Waals surface area contributed by atoms with Gasteiger partial charge in [-0.15, -0.1) is 0 Å². The molecule has 3 N–H and O–H groups in total. The summed E-state index contributed by atoms with van der Waals surface area (Å²) >= 11 is 0. The standard InChI is InChI=1S/C24H33F3N6/c1-6-18-11-16(2)7-8-20(18)31-22-29-13-19(24(25,26)27)21(32-22)30-14-23(4,5)15-33-10-9-28-12-17(33)3/h7-8,11,13,28H,3,6,9-10,12,14-15H2,1-2,4-5H3,(H2,29,30,31,32). The Bertz CT molecular complexity index is 987. The van der Waals surface area contributed by atoms with Crippen LogP contribution >= 0.6 is 0 Å². The molecular formula is C24H33F3N6. The van der Waals surface area contributed by atoms with Gasteiger partial charge in [0.1, 0.15) is 11.4 Å². The SMILES string of the molecule is C=C1CNCCN1CC(C)(C)CNc1nc(Nc2ccc(C)cc2CC)ncc1C(F)(F)F. The quantitative estimate of drug-likeness (QED) is 0.515. The van der Waals surface area contributed by atoms with Crippen LogP contribution in [-0.2, 0) is 12.6 Å². The molecule has 0 bridgehead atoms. The number of alkyl halides is 3. The predicted molar refractivity (Wildman–Crippen MR) is 127 cm³/mol. The lowest BCUT2D eigenvalue weighted by molar-refractivity contribution is -0.137. The molecule has 1 aromatic carbocycles. The molecule has 0 atom stereocenters. The summed E-state index contributed by atoms with van der Waals surface area (Å²) in [6.07, 6.45) is -2.94. The molecule has 0 unspecified atom stereocenters. The van der Waals surface area contributed by atoms with Crippen molar-refractivity contribution in [3.63, 3.8) is 0 Å². The van der Waals surface area contributed by atoms with Crippen LogP contribution in [0.4, 0.5) is 30.6 Å². The van der Waals surface area contributed by atoms with Gasteiger partial charge in [-0.3, -0.25) is 0 Å². The summed E-state index contributed by atoms with van der Waals surface area (Å²) < 4.78 is 40.9. The molecule has 1 aliphatic heterocycles. The molecule has 0 aliphatic carbocycles. The molecule has 2 heterocycles. The van der Waals surface area contributed by atoms with Gasteiger partial charge in [-0.2, -0.15) is 18.2 Å². The third-order valence-corrected chi connectivity index (χ3v) is 5.67. The second kappa shape index (κ2) is 9.99. The van der Waals surface area contributed by atoms with E-state index in [1.807, 2.05) is 45.9 Å². The van der Waals surface area contributed by atoms with Crippen LogP contribution in [0.3, 0.4) is 0 Å². The number of aromatic nitrogens is 2. The summed E-state index contributed by atoms with van der Waals surface area (Å²) in [5.74, 6) is -0.102. The number of aryl methyl sites for hydroxylation is 2. The Morgan fingerprint density at radius 1 is 1.24 bits per heavy atom. The lowest BCUT2D eigenvalue weighted by Gasteiger charge is -2.38. The smallest absolute Gasteiger partial charge is 0.372 e. The van der Waals surface area contributed by atoms with Crippen molar-refractivity contribution in [3.8, 4) is 0 Å². The van der Waals surface area contributed by atoms with Crippen LogP contribution < -0.4 is 16.0 Å². The summed E-state index contributed by atoms with van der Waals surface area (Å²) in [6.45, 7) is 15.5. The van der Waals surface area contributed by atoms with Crippen LogP contribution in [0.1, 0.15) is 37.5 Å². The molecule has 1 fully saturated rings. The second-order valence-corrected chi connectivity index (χ2v) is 9.28. The van der Waals surface area contributed by atoms with Crippen molar-refractivity contribution >= 4 is 17.5 Å². The van der Waals surface area contributed by atoms with Gasteiger partial charge < -0.3 is 20.9 Å².